The van der Waals surface area contributed by atoms with Gasteiger partial charge in [0.05, 0.1) is 17.5 Å². The van der Waals surface area contributed by atoms with E-state index in [9.17, 15) is 14.0 Å². The minimum atomic E-state index is -0.551. The van der Waals surface area contributed by atoms with Crippen molar-refractivity contribution >= 4 is 17.5 Å². The fourth-order valence-corrected chi connectivity index (χ4v) is 5.55. The van der Waals surface area contributed by atoms with Gasteiger partial charge in [-0.15, -0.1) is 0 Å². The molecule has 3 aromatic rings. The predicted molar refractivity (Wildman–Crippen MR) is 102 cm³/mol. The highest BCUT2D eigenvalue weighted by molar-refractivity contribution is 6.23. The zero-order valence-corrected chi connectivity index (χ0v) is 14.9. The lowest BCUT2D eigenvalue weighted by atomic mass is 9.55. The van der Waals surface area contributed by atoms with Crippen molar-refractivity contribution in [2.45, 2.75) is 11.8 Å². The number of hydrogen-bond acceptors (Lipinski definition) is 2. The van der Waals surface area contributed by atoms with Gasteiger partial charge < -0.3 is 0 Å². The molecule has 2 bridgehead atoms. The molecule has 28 heavy (non-hydrogen) atoms. The average molecular weight is 369 g/mol. The Morgan fingerprint density at radius 1 is 0.607 bits per heavy atom. The molecule has 0 spiro atoms. The number of carbonyl (C=O) groups is 2. The number of hydrogen-bond donors (Lipinski definition) is 0. The Kier molecular flexibility index (Phi) is 3.03. The van der Waals surface area contributed by atoms with Gasteiger partial charge in [-0.25, -0.2) is 9.29 Å². The summed E-state index contributed by atoms with van der Waals surface area (Å²) in [4.78, 5) is 28.0. The third kappa shape index (κ3) is 1.78. The van der Waals surface area contributed by atoms with E-state index in [1.165, 1.54) is 12.1 Å². The number of halogens is 1. The highest BCUT2D eigenvalue weighted by Gasteiger charge is 2.61. The number of rotatable bonds is 1. The molecular weight excluding hydrogens is 353 g/mol. The fraction of sp³-hybridized carbons (Fsp3) is 0.167. The molecule has 0 N–H and O–H groups in total. The van der Waals surface area contributed by atoms with Gasteiger partial charge in [-0.1, -0.05) is 60.7 Å². The molecule has 4 heteroatoms. The van der Waals surface area contributed by atoms with Crippen molar-refractivity contribution in [3.8, 4) is 0 Å². The summed E-state index contributed by atoms with van der Waals surface area (Å²) in [7, 11) is 0. The highest BCUT2D eigenvalue weighted by atomic mass is 19.1. The summed E-state index contributed by atoms with van der Waals surface area (Å²) >= 11 is 0. The van der Waals surface area contributed by atoms with E-state index in [1.54, 1.807) is 12.1 Å². The van der Waals surface area contributed by atoms with Crippen molar-refractivity contribution in [3.63, 3.8) is 0 Å². The first-order chi connectivity index (χ1) is 13.7. The van der Waals surface area contributed by atoms with E-state index < -0.39 is 17.7 Å². The van der Waals surface area contributed by atoms with Crippen molar-refractivity contribution in [2.24, 2.45) is 11.8 Å². The summed E-state index contributed by atoms with van der Waals surface area (Å²) in [5.41, 5.74) is 4.51. The van der Waals surface area contributed by atoms with E-state index in [0.717, 1.165) is 27.2 Å². The number of benzene rings is 3. The van der Waals surface area contributed by atoms with Crippen molar-refractivity contribution in [3.05, 3.63) is 101 Å². The van der Waals surface area contributed by atoms with E-state index in [1.807, 2.05) is 24.3 Å². The molecule has 4 aliphatic rings. The molecule has 1 aliphatic heterocycles. The number of carbonyl (C=O) groups excluding carboxylic acids is 2. The van der Waals surface area contributed by atoms with Gasteiger partial charge in [0.25, 0.3) is 0 Å². The van der Waals surface area contributed by atoms with Crippen LogP contribution in [0.5, 0.6) is 0 Å². The van der Waals surface area contributed by atoms with Crippen molar-refractivity contribution in [1.82, 2.24) is 0 Å². The van der Waals surface area contributed by atoms with Crippen LogP contribution in [0, 0.1) is 17.7 Å². The van der Waals surface area contributed by atoms with Gasteiger partial charge in [0.2, 0.25) is 11.8 Å². The molecule has 1 saturated heterocycles. The van der Waals surface area contributed by atoms with E-state index in [0.29, 0.717) is 0 Å². The summed E-state index contributed by atoms with van der Waals surface area (Å²) in [6.45, 7) is 0. The van der Waals surface area contributed by atoms with Crippen molar-refractivity contribution in [1.29, 1.82) is 0 Å². The van der Waals surface area contributed by atoms with Gasteiger partial charge in [-0.3, -0.25) is 9.59 Å². The first kappa shape index (κ1) is 15.8. The number of nitrogens with zero attached hydrogens (tertiary/aromatic N) is 1. The van der Waals surface area contributed by atoms with Crippen LogP contribution in [0.2, 0.25) is 0 Å². The van der Waals surface area contributed by atoms with Crippen LogP contribution >= 0.6 is 0 Å². The van der Waals surface area contributed by atoms with Crippen LogP contribution in [0.4, 0.5) is 10.1 Å². The number of para-hydroxylation sites is 1. The molecule has 3 nitrogen and oxygen atoms in total. The number of imide groups is 1. The summed E-state index contributed by atoms with van der Waals surface area (Å²) < 4.78 is 14.5. The molecule has 1 heterocycles. The van der Waals surface area contributed by atoms with Crippen LogP contribution in [-0.2, 0) is 9.59 Å². The second-order valence-electron chi connectivity index (χ2n) is 7.73. The molecule has 0 unspecified atom stereocenters. The lowest BCUT2D eigenvalue weighted by molar-refractivity contribution is -0.122. The minimum absolute atomic E-state index is 0.0550. The minimum Gasteiger partial charge on any atom is -0.274 e. The third-order valence-corrected chi connectivity index (χ3v) is 6.54. The molecule has 2 amide bonds. The van der Waals surface area contributed by atoms with E-state index >= 15 is 0 Å². The second-order valence-corrected chi connectivity index (χ2v) is 7.73. The normalized spacial score (nSPS) is 26.8. The predicted octanol–water partition coefficient (Wildman–Crippen LogP) is 4.22. The van der Waals surface area contributed by atoms with Crippen LogP contribution < -0.4 is 4.90 Å². The third-order valence-electron chi connectivity index (χ3n) is 6.54. The standard InChI is InChI=1S/C24H16FNO2/c25-17-11-5-6-12-18(17)26-23(27)21-19-13-7-1-2-8-14(13)20(22(21)24(26)28)16-10-4-3-9-15(16)19/h1-12,19-22H/t19?,20?,21-,22-/m0/s1. The monoisotopic (exact) mass is 369 g/mol. The smallest absolute Gasteiger partial charge is 0.238 e. The summed E-state index contributed by atoms with van der Waals surface area (Å²) in [5, 5.41) is 0. The Bertz CT molecular complexity index is 1060. The van der Waals surface area contributed by atoms with Gasteiger partial charge in [0.1, 0.15) is 5.82 Å². The fourth-order valence-electron chi connectivity index (χ4n) is 5.55. The van der Waals surface area contributed by atoms with E-state index in [2.05, 4.69) is 24.3 Å². The Morgan fingerprint density at radius 3 is 1.43 bits per heavy atom. The molecule has 0 radical (unpaired) electrons. The molecule has 0 saturated carbocycles. The van der Waals surface area contributed by atoms with Crippen LogP contribution in [0.15, 0.2) is 72.8 Å². The zero-order chi connectivity index (χ0) is 19.0. The quantitative estimate of drug-likeness (QED) is 0.602. The molecular formula is C24H16FNO2. The van der Waals surface area contributed by atoms with Gasteiger partial charge in [-0.2, -0.15) is 0 Å². The van der Waals surface area contributed by atoms with Gasteiger partial charge in [-0.05, 0) is 34.4 Å². The van der Waals surface area contributed by atoms with Crippen LogP contribution in [0.1, 0.15) is 34.1 Å². The molecule has 3 aliphatic carbocycles. The van der Waals surface area contributed by atoms with Crippen molar-refractivity contribution < 1.29 is 14.0 Å². The molecule has 7 rings (SSSR count). The molecule has 2 atom stereocenters. The lowest BCUT2D eigenvalue weighted by Crippen LogP contribution is -2.41. The highest BCUT2D eigenvalue weighted by Crippen LogP contribution is 2.61. The van der Waals surface area contributed by atoms with Crippen LogP contribution in [-0.4, -0.2) is 11.8 Å². The zero-order valence-electron chi connectivity index (χ0n) is 14.9. The largest absolute Gasteiger partial charge is 0.274 e. The van der Waals surface area contributed by atoms with E-state index in [4.69, 9.17) is 0 Å². The number of anilines is 1. The molecule has 3 aromatic carbocycles. The number of amides is 2. The maximum atomic E-state index is 14.5. The average Bonchev–Trinajstić information content (AvgIpc) is 2.99. The topological polar surface area (TPSA) is 37.4 Å². The summed E-state index contributed by atoms with van der Waals surface area (Å²) in [5.74, 6) is -2.45. The molecule has 0 aromatic heterocycles. The van der Waals surface area contributed by atoms with Gasteiger partial charge >= 0.3 is 0 Å². The first-order valence-corrected chi connectivity index (χ1v) is 9.48. The van der Waals surface area contributed by atoms with E-state index in [-0.39, 0.29) is 29.3 Å². The lowest BCUT2D eigenvalue weighted by Gasteiger charge is -2.45. The molecule has 136 valence electrons. The maximum absolute atomic E-state index is 14.5. The Labute approximate surface area is 161 Å². The van der Waals surface area contributed by atoms with Gasteiger partial charge in [0.15, 0.2) is 0 Å². The summed E-state index contributed by atoms with van der Waals surface area (Å²) in [6.07, 6.45) is 0. The van der Waals surface area contributed by atoms with Crippen LogP contribution in [0.25, 0.3) is 0 Å². The Hall–Kier alpha value is -3.27. The second kappa shape index (κ2) is 5.38. The van der Waals surface area contributed by atoms with Crippen LogP contribution in [0.3, 0.4) is 0 Å². The maximum Gasteiger partial charge on any atom is 0.238 e. The first-order valence-electron chi connectivity index (χ1n) is 9.48. The van der Waals surface area contributed by atoms with Gasteiger partial charge in [0, 0.05) is 11.8 Å². The summed E-state index contributed by atoms with van der Waals surface area (Å²) in [6, 6.07) is 22.2. The Morgan fingerprint density at radius 2 is 1.00 bits per heavy atom. The molecule has 1 fully saturated rings. The Balaban J connectivity index is 1.59. The SMILES string of the molecule is O=C1[C@H]2C3c4ccccc4C(c4ccccc43)[C@@H]2C(=O)N1c1ccccc1F. The van der Waals surface area contributed by atoms with Crippen molar-refractivity contribution in [2.75, 3.05) is 4.90 Å².